The lowest BCUT2D eigenvalue weighted by molar-refractivity contribution is -0.111. The zero-order valence-electron chi connectivity index (χ0n) is 5.91. The lowest BCUT2D eigenvalue weighted by Gasteiger charge is -1.95. The fourth-order valence-corrected chi connectivity index (χ4v) is 0.734. The minimum Gasteiger partial charge on any atom is -0.298 e. The highest BCUT2D eigenvalue weighted by atomic mass is 79.9. The van der Waals surface area contributed by atoms with Gasteiger partial charge in [0.25, 0.3) is 0 Å². The van der Waals surface area contributed by atoms with Crippen LogP contribution >= 0.6 is 15.9 Å². The molecule has 1 aromatic heterocycles. The molecule has 5 heteroatoms. The Morgan fingerprint density at radius 2 is 2.42 bits per heavy atom. The average molecular weight is 226 g/mol. The number of hydrogen-bond donors (Lipinski definition) is 1. The highest BCUT2D eigenvalue weighted by molar-refractivity contribution is 9.12. The van der Waals surface area contributed by atoms with Crippen molar-refractivity contribution in [3.8, 4) is 10.8 Å². The van der Waals surface area contributed by atoms with Crippen LogP contribution in [0.2, 0.25) is 0 Å². The van der Waals surface area contributed by atoms with Gasteiger partial charge in [0, 0.05) is 34.2 Å². The second kappa shape index (κ2) is 4.46. The van der Waals surface area contributed by atoms with Gasteiger partial charge in [-0.25, -0.2) is 4.98 Å². The van der Waals surface area contributed by atoms with E-state index >= 15 is 0 Å². The van der Waals surface area contributed by atoms with Crippen LogP contribution in [0.15, 0.2) is 18.6 Å². The molecule has 0 saturated carbocycles. The predicted molar refractivity (Wildman–Crippen MR) is 47.4 cm³/mol. The van der Waals surface area contributed by atoms with Gasteiger partial charge in [-0.2, -0.15) is 0 Å². The number of halogens is 1. The van der Waals surface area contributed by atoms with E-state index in [4.69, 9.17) is 0 Å². The van der Waals surface area contributed by atoms with Crippen molar-refractivity contribution in [1.82, 2.24) is 9.97 Å². The van der Waals surface area contributed by atoms with Gasteiger partial charge >= 0.3 is 5.91 Å². The number of amides is 1. The SMILES string of the molecule is O=C(C#CBr)Nc1cnccn1. The summed E-state index contributed by atoms with van der Waals surface area (Å²) in [6, 6.07) is 0. The Morgan fingerprint density at radius 1 is 1.58 bits per heavy atom. The zero-order chi connectivity index (χ0) is 8.81. The van der Waals surface area contributed by atoms with E-state index in [1.807, 2.05) is 0 Å². The standard InChI is InChI=1S/C7H4BrN3O/c8-2-1-7(12)11-6-5-9-3-4-10-6/h3-5H,(H,10,11,12). The van der Waals surface area contributed by atoms with Crippen molar-refractivity contribution in [3.05, 3.63) is 18.6 Å². The molecule has 60 valence electrons. The summed E-state index contributed by atoms with van der Waals surface area (Å²) in [7, 11) is 0. The van der Waals surface area contributed by atoms with Crippen molar-refractivity contribution in [2.24, 2.45) is 0 Å². The van der Waals surface area contributed by atoms with Crippen LogP contribution in [0.3, 0.4) is 0 Å². The third-order valence-corrected chi connectivity index (χ3v) is 1.16. The molecular formula is C7H4BrN3O. The third kappa shape index (κ3) is 2.68. The molecule has 12 heavy (non-hydrogen) atoms. The Bertz CT molecular complexity index is 327. The van der Waals surface area contributed by atoms with Crippen LogP contribution < -0.4 is 5.32 Å². The molecule has 1 N–H and O–H groups in total. The van der Waals surface area contributed by atoms with Crippen LogP contribution in [-0.4, -0.2) is 15.9 Å². The highest BCUT2D eigenvalue weighted by Crippen LogP contribution is 1.95. The van der Waals surface area contributed by atoms with Crippen LogP contribution in [0.5, 0.6) is 0 Å². The van der Waals surface area contributed by atoms with Crippen LogP contribution in [0.4, 0.5) is 5.82 Å². The molecule has 1 aromatic rings. The van der Waals surface area contributed by atoms with Crippen molar-refractivity contribution in [3.63, 3.8) is 0 Å². The minimum absolute atomic E-state index is 0.387. The van der Waals surface area contributed by atoms with Crippen molar-refractivity contribution in [2.75, 3.05) is 5.32 Å². The molecule has 4 nitrogen and oxygen atoms in total. The van der Waals surface area contributed by atoms with Gasteiger partial charge in [0.15, 0.2) is 5.82 Å². The van der Waals surface area contributed by atoms with Gasteiger partial charge in [-0.3, -0.25) is 15.1 Å². The molecule has 0 aliphatic rings. The number of anilines is 1. The average Bonchev–Trinajstić information content (AvgIpc) is 2.06. The van der Waals surface area contributed by atoms with E-state index in [9.17, 15) is 4.79 Å². The van der Waals surface area contributed by atoms with Crippen molar-refractivity contribution in [2.45, 2.75) is 0 Å². The van der Waals surface area contributed by atoms with Gasteiger partial charge in [0.1, 0.15) is 0 Å². The predicted octanol–water partition coefficient (Wildman–Crippen LogP) is 0.771. The molecule has 0 atom stereocenters. The zero-order valence-corrected chi connectivity index (χ0v) is 7.50. The van der Waals surface area contributed by atoms with Crippen LogP contribution in [0.25, 0.3) is 0 Å². The van der Waals surface area contributed by atoms with E-state index < -0.39 is 5.91 Å². The van der Waals surface area contributed by atoms with Gasteiger partial charge in [0.2, 0.25) is 0 Å². The molecule has 0 spiro atoms. The fraction of sp³-hybridized carbons (Fsp3) is 0. The maximum atomic E-state index is 10.8. The van der Waals surface area contributed by atoms with Crippen LogP contribution in [-0.2, 0) is 4.79 Å². The van der Waals surface area contributed by atoms with Crippen LogP contribution in [0, 0.1) is 10.8 Å². The van der Waals surface area contributed by atoms with E-state index in [-0.39, 0.29) is 0 Å². The molecule has 0 saturated heterocycles. The first kappa shape index (κ1) is 8.68. The summed E-state index contributed by atoms with van der Waals surface area (Å²) < 4.78 is 0. The Labute approximate surface area is 77.5 Å². The summed E-state index contributed by atoms with van der Waals surface area (Å²) in [4.78, 5) is 20.7. The Morgan fingerprint density at radius 3 is 3.00 bits per heavy atom. The molecule has 1 rings (SSSR count). The summed E-state index contributed by atoms with van der Waals surface area (Å²) in [5.41, 5.74) is 0. The van der Waals surface area contributed by atoms with Crippen molar-refractivity contribution in [1.29, 1.82) is 0 Å². The Hall–Kier alpha value is -1.41. The monoisotopic (exact) mass is 225 g/mol. The van der Waals surface area contributed by atoms with E-state index in [1.165, 1.54) is 18.6 Å². The number of nitrogens with zero attached hydrogens (tertiary/aromatic N) is 2. The topological polar surface area (TPSA) is 54.9 Å². The molecule has 0 aliphatic carbocycles. The largest absolute Gasteiger partial charge is 0.302 e. The second-order valence-corrected chi connectivity index (χ2v) is 2.16. The second-order valence-electron chi connectivity index (χ2n) is 1.76. The van der Waals surface area contributed by atoms with Crippen molar-refractivity contribution < 1.29 is 4.79 Å². The summed E-state index contributed by atoms with van der Waals surface area (Å²) in [6.07, 6.45) is 4.44. The number of carbonyl (C=O) groups is 1. The van der Waals surface area contributed by atoms with Crippen LogP contribution in [0.1, 0.15) is 0 Å². The molecule has 1 heterocycles. The number of rotatable bonds is 1. The first-order valence-corrected chi connectivity index (χ1v) is 3.81. The molecule has 0 fully saturated rings. The van der Waals surface area contributed by atoms with Gasteiger partial charge in [-0.15, -0.1) is 0 Å². The molecule has 0 radical (unpaired) electrons. The van der Waals surface area contributed by atoms with E-state index in [0.717, 1.165) is 0 Å². The first-order chi connectivity index (χ1) is 5.83. The molecule has 0 aromatic carbocycles. The molecule has 0 bridgehead atoms. The minimum atomic E-state index is -0.424. The van der Waals surface area contributed by atoms with Gasteiger partial charge in [-0.05, 0) is 4.83 Å². The lowest BCUT2D eigenvalue weighted by Crippen LogP contribution is -2.09. The number of hydrogen-bond acceptors (Lipinski definition) is 3. The maximum absolute atomic E-state index is 10.8. The molecule has 0 aliphatic heterocycles. The normalized spacial score (nSPS) is 8.08. The number of carbonyl (C=O) groups excluding carboxylic acids is 1. The third-order valence-electron chi connectivity index (χ3n) is 0.966. The maximum Gasteiger partial charge on any atom is 0.302 e. The molecule has 1 amide bonds. The quantitative estimate of drug-likeness (QED) is 0.719. The van der Waals surface area contributed by atoms with E-state index in [1.54, 1.807) is 0 Å². The van der Waals surface area contributed by atoms with Gasteiger partial charge < -0.3 is 0 Å². The Balaban J connectivity index is 2.63. The fourth-order valence-electron chi connectivity index (χ4n) is 0.554. The molecule has 0 unspecified atom stereocenters. The number of aromatic nitrogens is 2. The number of nitrogens with one attached hydrogen (secondary N) is 1. The summed E-state index contributed by atoms with van der Waals surface area (Å²) in [5.74, 6) is 2.21. The smallest absolute Gasteiger partial charge is 0.298 e. The lowest BCUT2D eigenvalue weighted by atomic mass is 10.6. The van der Waals surface area contributed by atoms with Gasteiger partial charge in [0.05, 0.1) is 6.20 Å². The highest BCUT2D eigenvalue weighted by Gasteiger charge is 1.96. The summed E-state index contributed by atoms with van der Waals surface area (Å²) >= 11 is 2.81. The summed E-state index contributed by atoms with van der Waals surface area (Å²) in [5, 5.41) is 2.43. The van der Waals surface area contributed by atoms with E-state index in [0.29, 0.717) is 5.82 Å². The van der Waals surface area contributed by atoms with Gasteiger partial charge in [-0.1, -0.05) is 0 Å². The first-order valence-electron chi connectivity index (χ1n) is 3.01. The van der Waals surface area contributed by atoms with Crippen molar-refractivity contribution >= 4 is 27.7 Å². The van der Waals surface area contributed by atoms with E-state index in [2.05, 4.69) is 42.0 Å². The molecular weight excluding hydrogens is 222 g/mol. The Kier molecular flexibility index (Phi) is 3.23. The summed E-state index contributed by atoms with van der Waals surface area (Å²) in [6.45, 7) is 0.